The highest BCUT2D eigenvalue weighted by atomic mass is 32.1. The van der Waals surface area contributed by atoms with Crippen LogP contribution in [0.15, 0.2) is 48.0 Å². The first kappa shape index (κ1) is 17.4. The topological polar surface area (TPSA) is 74.2 Å². The molecule has 8 heteroatoms. The molecule has 1 N–H and O–H groups in total. The molecule has 1 aliphatic rings. The summed E-state index contributed by atoms with van der Waals surface area (Å²) in [6.07, 6.45) is 1.76. The second-order valence-electron chi connectivity index (χ2n) is 6.38. The van der Waals surface area contributed by atoms with Crippen LogP contribution in [0.4, 0.5) is 17.5 Å². The molecule has 27 heavy (non-hydrogen) atoms. The standard InChI is InChI=1S/C19H20N6OS/c1-14-6-7-20-17(13-14)21-16-4-5-18(23-22-16)24-8-10-25(11-9-24)19(26)15-3-2-12-27-15/h2-7,12-13H,8-11H2,1H3,(H,20,21,22). The van der Waals surface area contributed by atoms with Gasteiger partial charge in [0, 0.05) is 32.4 Å². The first-order chi connectivity index (χ1) is 13.2. The molecule has 3 aromatic heterocycles. The maximum absolute atomic E-state index is 12.4. The van der Waals surface area contributed by atoms with Gasteiger partial charge in [-0.05, 0) is 48.2 Å². The molecule has 0 unspecified atom stereocenters. The normalized spacial score (nSPS) is 14.3. The molecule has 1 aliphatic heterocycles. The number of thiophene rings is 1. The molecular weight excluding hydrogens is 360 g/mol. The van der Waals surface area contributed by atoms with Crippen LogP contribution in [0.25, 0.3) is 0 Å². The molecule has 0 spiro atoms. The van der Waals surface area contributed by atoms with E-state index in [2.05, 4.69) is 25.4 Å². The maximum Gasteiger partial charge on any atom is 0.264 e. The molecular formula is C19H20N6OS. The average Bonchev–Trinajstić information content (AvgIpc) is 3.23. The Morgan fingerprint density at radius 3 is 2.59 bits per heavy atom. The number of aryl methyl sites for hydroxylation is 1. The van der Waals surface area contributed by atoms with E-state index in [0.717, 1.165) is 35.2 Å². The number of carbonyl (C=O) groups is 1. The zero-order chi connectivity index (χ0) is 18.6. The Morgan fingerprint density at radius 1 is 1.07 bits per heavy atom. The van der Waals surface area contributed by atoms with E-state index < -0.39 is 0 Å². The summed E-state index contributed by atoms with van der Waals surface area (Å²) in [7, 11) is 0. The number of pyridine rings is 1. The van der Waals surface area contributed by atoms with Crippen LogP contribution in [0.2, 0.25) is 0 Å². The van der Waals surface area contributed by atoms with E-state index in [4.69, 9.17) is 0 Å². The van der Waals surface area contributed by atoms with E-state index in [9.17, 15) is 4.79 Å². The van der Waals surface area contributed by atoms with Crippen molar-refractivity contribution in [1.82, 2.24) is 20.1 Å². The molecule has 0 saturated carbocycles. The van der Waals surface area contributed by atoms with Crippen LogP contribution < -0.4 is 10.2 Å². The third-order valence-corrected chi connectivity index (χ3v) is 5.30. The quantitative estimate of drug-likeness (QED) is 0.750. The lowest BCUT2D eigenvalue weighted by Gasteiger charge is -2.35. The van der Waals surface area contributed by atoms with Gasteiger partial charge < -0.3 is 15.1 Å². The Morgan fingerprint density at radius 2 is 1.93 bits per heavy atom. The molecule has 138 valence electrons. The van der Waals surface area contributed by atoms with E-state index in [1.807, 2.05) is 53.6 Å². The Labute approximate surface area is 161 Å². The first-order valence-electron chi connectivity index (χ1n) is 8.80. The van der Waals surface area contributed by atoms with Gasteiger partial charge >= 0.3 is 0 Å². The summed E-state index contributed by atoms with van der Waals surface area (Å²) < 4.78 is 0. The summed E-state index contributed by atoms with van der Waals surface area (Å²) >= 11 is 1.49. The number of aromatic nitrogens is 3. The average molecular weight is 380 g/mol. The summed E-state index contributed by atoms with van der Waals surface area (Å²) in [5, 5.41) is 13.7. The molecule has 0 atom stereocenters. The molecule has 3 aromatic rings. The van der Waals surface area contributed by atoms with Gasteiger partial charge in [0.25, 0.3) is 5.91 Å². The van der Waals surface area contributed by atoms with Crippen molar-refractivity contribution >= 4 is 34.7 Å². The smallest absolute Gasteiger partial charge is 0.264 e. The maximum atomic E-state index is 12.4. The first-order valence-corrected chi connectivity index (χ1v) is 9.68. The number of nitrogens with one attached hydrogen (secondary N) is 1. The van der Waals surface area contributed by atoms with Crippen LogP contribution >= 0.6 is 11.3 Å². The van der Waals surface area contributed by atoms with Crippen LogP contribution in [0.1, 0.15) is 15.2 Å². The van der Waals surface area contributed by atoms with Crippen LogP contribution in [-0.2, 0) is 0 Å². The molecule has 0 aromatic carbocycles. The number of hydrogen-bond acceptors (Lipinski definition) is 7. The van der Waals surface area contributed by atoms with E-state index in [-0.39, 0.29) is 5.91 Å². The molecule has 1 saturated heterocycles. The van der Waals surface area contributed by atoms with Gasteiger partial charge in [-0.2, -0.15) is 0 Å². The monoisotopic (exact) mass is 380 g/mol. The summed E-state index contributed by atoms with van der Waals surface area (Å²) in [4.78, 5) is 21.5. The number of rotatable bonds is 4. The van der Waals surface area contributed by atoms with Crippen molar-refractivity contribution in [2.24, 2.45) is 0 Å². The number of hydrogen-bond donors (Lipinski definition) is 1. The summed E-state index contributed by atoms with van der Waals surface area (Å²) in [6.45, 7) is 4.89. The number of anilines is 3. The Balaban J connectivity index is 1.35. The highest BCUT2D eigenvalue weighted by Crippen LogP contribution is 2.19. The second-order valence-corrected chi connectivity index (χ2v) is 7.32. The second kappa shape index (κ2) is 7.71. The Kier molecular flexibility index (Phi) is 4.97. The van der Waals surface area contributed by atoms with Gasteiger partial charge in [-0.3, -0.25) is 4.79 Å². The summed E-state index contributed by atoms with van der Waals surface area (Å²) in [6, 6.07) is 11.5. The van der Waals surface area contributed by atoms with Crippen molar-refractivity contribution in [3.8, 4) is 0 Å². The number of amides is 1. The van der Waals surface area contributed by atoms with Crippen molar-refractivity contribution < 1.29 is 4.79 Å². The van der Waals surface area contributed by atoms with E-state index >= 15 is 0 Å². The fourth-order valence-corrected chi connectivity index (χ4v) is 3.68. The van der Waals surface area contributed by atoms with Gasteiger partial charge in [0.15, 0.2) is 11.6 Å². The number of nitrogens with zero attached hydrogens (tertiary/aromatic N) is 5. The van der Waals surface area contributed by atoms with Gasteiger partial charge in [-0.25, -0.2) is 4.98 Å². The molecule has 0 radical (unpaired) electrons. The zero-order valence-corrected chi connectivity index (χ0v) is 15.8. The van der Waals surface area contributed by atoms with Gasteiger partial charge in [0.1, 0.15) is 5.82 Å². The van der Waals surface area contributed by atoms with Crippen molar-refractivity contribution in [3.63, 3.8) is 0 Å². The molecule has 0 aliphatic carbocycles. The molecule has 4 rings (SSSR count). The Bertz CT molecular complexity index is 904. The van der Waals surface area contributed by atoms with Gasteiger partial charge in [0.05, 0.1) is 4.88 Å². The van der Waals surface area contributed by atoms with Crippen molar-refractivity contribution in [2.45, 2.75) is 6.92 Å². The van der Waals surface area contributed by atoms with Gasteiger partial charge in [-0.1, -0.05) is 6.07 Å². The van der Waals surface area contributed by atoms with Crippen LogP contribution in [-0.4, -0.2) is 52.2 Å². The van der Waals surface area contributed by atoms with Gasteiger partial charge in [-0.15, -0.1) is 21.5 Å². The lowest BCUT2D eigenvalue weighted by Crippen LogP contribution is -2.48. The fraction of sp³-hybridized carbons (Fsp3) is 0.263. The lowest BCUT2D eigenvalue weighted by molar-refractivity contribution is 0.0751. The molecule has 1 fully saturated rings. The minimum absolute atomic E-state index is 0.112. The van der Waals surface area contributed by atoms with E-state index in [0.29, 0.717) is 18.9 Å². The molecule has 0 bridgehead atoms. The highest BCUT2D eigenvalue weighted by Gasteiger charge is 2.23. The number of piperazine rings is 1. The van der Waals surface area contributed by atoms with E-state index in [1.165, 1.54) is 11.3 Å². The van der Waals surface area contributed by atoms with Crippen LogP contribution in [0.3, 0.4) is 0 Å². The van der Waals surface area contributed by atoms with Crippen molar-refractivity contribution in [3.05, 3.63) is 58.4 Å². The zero-order valence-electron chi connectivity index (χ0n) is 15.0. The summed E-state index contributed by atoms with van der Waals surface area (Å²) in [5.74, 6) is 2.34. The van der Waals surface area contributed by atoms with Crippen molar-refractivity contribution in [1.29, 1.82) is 0 Å². The molecule has 1 amide bonds. The van der Waals surface area contributed by atoms with Gasteiger partial charge in [0.2, 0.25) is 0 Å². The van der Waals surface area contributed by atoms with E-state index in [1.54, 1.807) is 6.20 Å². The minimum atomic E-state index is 0.112. The predicted molar refractivity (Wildman–Crippen MR) is 107 cm³/mol. The molecule has 4 heterocycles. The fourth-order valence-electron chi connectivity index (χ4n) is 2.99. The third kappa shape index (κ3) is 4.06. The lowest BCUT2D eigenvalue weighted by atomic mass is 10.3. The predicted octanol–water partition coefficient (Wildman–Crippen LogP) is 2.95. The third-order valence-electron chi connectivity index (χ3n) is 4.44. The summed E-state index contributed by atoms with van der Waals surface area (Å²) in [5.41, 5.74) is 1.13. The number of carbonyl (C=O) groups excluding carboxylic acids is 1. The molecule has 7 nitrogen and oxygen atoms in total. The highest BCUT2D eigenvalue weighted by molar-refractivity contribution is 7.12. The Hall–Kier alpha value is -3.00. The van der Waals surface area contributed by atoms with Crippen LogP contribution in [0.5, 0.6) is 0 Å². The van der Waals surface area contributed by atoms with Crippen LogP contribution in [0, 0.1) is 6.92 Å². The van der Waals surface area contributed by atoms with Crippen molar-refractivity contribution in [2.75, 3.05) is 36.4 Å². The largest absolute Gasteiger partial charge is 0.352 e. The minimum Gasteiger partial charge on any atom is -0.352 e. The SMILES string of the molecule is Cc1ccnc(Nc2ccc(N3CCN(C(=O)c4cccs4)CC3)nn2)c1.